The normalized spacial score (nSPS) is 17.6. The third-order valence-electron chi connectivity index (χ3n) is 12.0. The fourth-order valence-corrected chi connectivity index (χ4v) is 8.23. The van der Waals surface area contributed by atoms with Gasteiger partial charge in [0.25, 0.3) is 10.2 Å². The van der Waals surface area contributed by atoms with Crippen LogP contribution in [0.4, 0.5) is 0 Å². The number of carboxylic acids is 1. The molecule has 5 rings (SSSR count). The number of aliphatic hydroxyl groups excluding tert-OH is 2. The average molecular weight is 1040 g/mol. The summed E-state index contributed by atoms with van der Waals surface area (Å²) >= 11 is 0. The van der Waals surface area contributed by atoms with E-state index in [2.05, 4.69) is 40.8 Å². The number of carboxylic acid groups (broad SMARTS) is 1. The molecule has 6 atom stereocenters. The Hall–Kier alpha value is -6.60. The number of hydrogen-bond acceptors (Lipinski definition) is 17. The number of aliphatic hydroxyl groups is 2. The number of aromatic hydroxyl groups is 1. The lowest BCUT2D eigenvalue weighted by molar-refractivity contribution is -0.143. The lowest BCUT2D eigenvalue weighted by Crippen LogP contribution is -2.46. The van der Waals surface area contributed by atoms with E-state index in [4.69, 9.17) is 30.8 Å². The molecule has 12 N–H and O–H groups in total. The summed E-state index contributed by atoms with van der Waals surface area (Å²) in [6.45, 7) is 7.89. The fraction of sp³-hybridized carbons (Fsp3) is 0.460. The quantitative estimate of drug-likeness (QED) is 0.0538. The maximum absolute atomic E-state index is 14.9. The third kappa shape index (κ3) is 15.9. The van der Waals surface area contributed by atoms with Crippen LogP contribution in [-0.2, 0) is 35.8 Å². The maximum Gasteiger partial charge on any atom is 0.326 e. The summed E-state index contributed by atoms with van der Waals surface area (Å²) in [5.41, 5.74) is 12.5. The zero-order chi connectivity index (χ0) is 53.9. The average Bonchev–Trinajstić information content (AvgIpc) is 3.33. The molecule has 0 aliphatic carbocycles. The number of hydrogen-bond donors (Lipinski definition) is 9. The minimum absolute atomic E-state index is 0.0133. The standard InChI is InChI=1S/C50H66N8O14S/c1-27-15-41(62)44(31-18-37(45(63)43(20-31)72-26-34(60)22-52)36-16-29(17-39(49(66)67)57-47(27)64)7-12-42(36)71-25-33(59)21-51)58(6)48(65)32(23-55-73(53,68)69)19-40(61)38-24-54-46(56-28(38)2)30-8-10-35(11-9-30)70-14-13-50(3,4)5/h7-12,16,18,20,24,27,32-34,39,44,55,59-60,63H,13-15,17,19,21-23,25-26,51-52H2,1-6H3,(H,57,64)(H,66,67)(H2,53,68,69)/t27-,32+,33-,34-,39+,44+/m1/s1. The first kappa shape index (κ1) is 57.3. The molecular formula is C50H66N8O14S. The number of nitrogens with zero attached hydrogens (tertiary/aromatic N) is 3. The van der Waals surface area contributed by atoms with Crippen molar-refractivity contribution in [2.45, 2.75) is 84.6 Å². The number of likely N-dealkylation sites (N-methyl/N-ethyl adjacent to an activating group) is 1. The van der Waals surface area contributed by atoms with E-state index in [-0.39, 0.29) is 71.0 Å². The van der Waals surface area contributed by atoms with Gasteiger partial charge in [-0.15, -0.1) is 0 Å². The smallest absolute Gasteiger partial charge is 0.326 e. The first-order chi connectivity index (χ1) is 34.3. The number of carbonyl (C=O) groups excluding carboxylic acids is 4. The summed E-state index contributed by atoms with van der Waals surface area (Å²) in [5, 5.41) is 50.6. The number of nitrogens with two attached hydrogens (primary N) is 3. The van der Waals surface area contributed by atoms with Gasteiger partial charge in [-0.3, -0.25) is 19.2 Å². The molecule has 0 fully saturated rings. The van der Waals surface area contributed by atoms with Crippen LogP contribution in [0.1, 0.15) is 80.2 Å². The number of phenols is 1. The Morgan fingerprint density at radius 2 is 1.58 bits per heavy atom. The number of ether oxygens (including phenoxy) is 3. The largest absolute Gasteiger partial charge is 0.504 e. The number of fused-ring (bicyclic) bond motifs is 5. The van der Waals surface area contributed by atoms with Gasteiger partial charge in [0.1, 0.15) is 49.0 Å². The van der Waals surface area contributed by atoms with Gasteiger partial charge in [0.15, 0.2) is 28.9 Å². The van der Waals surface area contributed by atoms with E-state index in [0.717, 1.165) is 11.3 Å². The van der Waals surface area contributed by atoms with Crippen molar-refractivity contribution in [2.24, 2.45) is 33.9 Å². The lowest BCUT2D eigenvalue weighted by atomic mass is 9.88. The van der Waals surface area contributed by atoms with Crippen molar-refractivity contribution in [1.29, 1.82) is 0 Å². The van der Waals surface area contributed by atoms with Crippen molar-refractivity contribution in [3.63, 3.8) is 0 Å². The summed E-state index contributed by atoms with van der Waals surface area (Å²) in [6.07, 6.45) is -1.74. The zero-order valence-electron chi connectivity index (χ0n) is 41.7. The SMILES string of the molecule is Cc1nc(-c2ccc(OCCC(C)(C)C)cc2)ncc1C(=O)C[C@@H](CNS(N)(=O)=O)C(=O)N(C)[C@@H]1C(=O)C[C@@H](C)C(=O)N[C@H](C(=O)O)Cc2ccc(OC[C@H](O)CN)c(c2)-c2cc1cc(OC[C@H](O)CN)c2O. The molecule has 1 aliphatic rings. The fourth-order valence-electron chi connectivity index (χ4n) is 7.80. The number of phenolic OH excluding ortho intramolecular Hbond substituents is 1. The minimum atomic E-state index is -4.47. The number of amides is 2. The van der Waals surface area contributed by atoms with Crippen molar-refractivity contribution in [1.82, 2.24) is 24.9 Å². The van der Waals surface area contributed by atoms with Gasteiger partial charge in [-0.2, -0.15) is 8.42 Å². The molecule has 0 saturated carbocycles. The van der Waals surface area contributed by atoms with Crippen LogP contribution < -0.4 is 40.9 Å². The lowest BCUT2D eigenvalue weighted by Gasteiger charge is -2.32. The molecule has 396 valence electrons. The van der Waals surface area contributed by atoms with Crippen LogP contribution in [0, 0.1) is 24.2 Å². The van der Waals surface area contributed by atoms with E-state index in [1.165, 1.54) is 50.5 Å². The first-order valence-electron chi connectivity index (χ1n) is 23.5. The highest BCUT2D eigenvalue weighted by Gasteiger charge is 2.37. The van der Waals surface area contributed by atoms with Crippen LogP contribution >= 0.6 is 0 Å². The summed E-state index contributed by atoms with van der Waals surface area (Å²) in [6, 6.07) is 10.9. The monoisotopic (exact) mass is 1030 g/mol. The molecule has 22 nitrogen and oxygen atoms in total. The number of rotatable bonds is 21. The molecule has 1 aliphatic heterocycles. The second kappa shape index (κ2) is 24.9. The Labute approximate surface area is 423 Å². The summed E-state index contributed by atoms with van der Waals surface area (Å²) in [7, 11) is -3.26. The summed E-state index contributed by atoms with van der Waals surface area (Å²) < 4.78 is 44.4. The van der Waals surface area contributed by atoms with Crippen molar-refractivity contribution in [3.05, 3.63) is 83.2 Å². The molecule has 0 spiro atoms. The van der Waals surface area contributed by atoms with Crippen LogP contribution in [0.3, 0.4) is 0 Å². The molecule has 0 saturated heterocycles. The third-order valence-corrected chi connectivity index (χ3v) is 12.6. The molecule has 0 unspecified atom stereocenters. The molecule has 3 aromatic carbocycles. The van der Waals surface area contributed by atoms with Gasteiger partial charge < -0.3 is 56.3 Å². The first-order valence-corrected chi connectivity index (χ1v) is 25.1. The van der Waals surface area contributed by atoms with Gasteiger partial charge in [0.2, 0.25) is 11.8 Å². The Balaban J connectivity index is 1.60. The van der Waals surface area contributed by atoms with Crippen LogP contribution in [0.25, 0.3) is 22.5 Å². The molecule has 73 heavy (non-hydrogen) atoms. The van der Waals surface area contributed by atoms with Gasteiger partial charge in [0.05, 0.1) is 23.8 Å². The number of aromatic nitrogens is 2. The van der Waals surface area contributed by atoms with E-state index in [9.17, 15) is 52.8 Å². The van der Waals surface area contributed by atoms with Gasteiger partial charge in [-0.25, -0.2) is 24.6 Å². The number of nitrogens with one attached hydrogen (secondary N) is 2. The number of ketones is 2. The minimum Gasteiger partial charge on any atom is -0.504 e. The van der Waals surface area contributed by atoms with E-state index in [1.807, 2.05) is 0 Å². The molecule has 2 heterocycles. The molecule has 23 heteroatoms. The van der Waals surface area contributed by atoms with Gasteiger partial charge >= 0.3 is 5.97 Å². The van der Waals surface area contributed by atoms with Gasteiger partial charge in [-0.05, 0) is 78.4 Å². The van der Waals surface area contributed by atoms with Crippen molar-refractivity contribution in [2.75, 3.05) is 46.5 Å². The highest BCUT2D eigenvalue weighted by Crippen LogP contribution is 2.45. The van der Waals surface area contributed by atoms with Crippen LogP contribution in [-0.4, -0.2) is 138 Å². The number of Topliss-reactive ketones (excluding diaryl/α,β-unsaturated/α-hetero) is 2. The molecule has 2 amide bonds. The number of carbonyl (C=O) groups is 5. The molecule has 4 aromatic rings. The molecular weight excluding hydrogens is 969 g/mol. The number of aryl methyl sites for hydroxylation is 1. The number of benzene rings is 3. The Morgan fingerprint density at radius 1 is 0.932 bits per heavy atom. The highest BCUT2D eigenvalue weighted by atomic mass is 32.2. The molecule has 4 bridgehead atoms. The van der Waals surface area contributed by atoms with Crippen molar-refractivity contribution < 1.29 is 67.0 Å². The highest BCUT2D eigenvalue weighted by molar-refractivity contribution is 7.87. The van der Waals surface area contributed by atoms with E-state index in [0.29, 0.717) is 29.3 Å². The Bertz CT molecular complexity index is 2750. The van der Waals surface area contributed by atoms with Crippen LogP contribution in [0.5, 0.6) is 23.0 Å². The van der Waals surface area contributed by atoms with Gasteiger partial charge in [0, 0.05) is 74.7 Å². The maximum atomic E-state index is 14.9. The summed E-state index contributed by atoms with van der Waals surface area (Å²) in [4.78, 5) is 80.0. The second-order valence-corrected chi connectivity index (χ2v) is 20.6. The van der Waals surface area contributed by atoms with E-state index >= 15 is 0 Å². The molecule has 1 aromatic heterocycles. The van der Waals surface area contributed by atoms with Gasteiger partial charge in [-0.1, -0.05) is 33.8 Å². The second-order valence-electron chi connectivity index (χ2n) is 19.3. The topological polar surface area (TPSA) is 359 Å². The van der Waals surface area contributed by atoms with Crippen LogP contribution in [0.15, 0.2) is 60.8 Å². The molecule has 0 radical (unpaired) electrons. The predicted octanol–water partition coefficient (Wildman–Crippen LogP) is 1.94. The van der Waals surface area contributed by atoms with E-state index < -0.39 is 107 Å². The Kier molecular flexibility index (Phi) is 19.5. The van der Waals surface area contributed by atoms with E-state index in [1.54, 1.807) is 31.2 Å². The summed E-state index contributed by atoms with van der Waals surface area (Å²) in [5.74, 6) is -7.25. The zero-order valence-corrected chi connectivity index (χ0v) is 42.5. The number of aliphatic carboxylic acids is 1. The van der Waals surface area contributed by atoms with Crippen molar-refractivity contribution in [3.8, 4) is 45.5 Å². The predicted molar refractivity (Wildman–Crippen MR) is 268 cm³/mol. The Morgan fingerprint density at radius 3 is 2.16 bits per heavy atom. The van der Waals surface area contributed by atoms with Crippen molar-refractivity contribution >= 4 is 39.6 Å². The van der Waals surface area contributed by atoms with Crippen LogP contribution in [0.2, 0.25) is 0 Å².